The Labute approximate surface area is 173 Å². The quantitative estimate of drug-likeness (QED) is 0.593. The van der Waals surface area contributed by atoms with Crippen molar-refractivity contribution in [3.63, 3.8) is 0 Å². The van der Waals surface area contributed by atoms with Gasteiger partial charge in [-0.25, -0.2) is 4.98 Å². The van der Waals surface area contributed by atoms with Gasteiger partial charge in [-0.2, -0.15) is 0 Å². The van der Waals surface area contributed by atoms with Crippen molar-refractivity contribution in [3.05, 3.63) is 53.7 Å². The molecular weight excluding hydrogens is 360 g/mol. The van der Waals surface area contributed by atoms with Gasteiger partial charge < -0.3 is 15.2 Å². The maximum absolute atomic E-state index is 13.0. The van der Waals surface area contributed by atoms with Crippen LogP contribution in [0.2, 0.25) is 0 Å². The average Bonchev–Trinajstić information content (AvgIpc) is 3.03. The number of carbonyl (C=O) groups is 1. The summed E-state index contributed by atoms with van der Waals surface area (Å²) in [7, 11) is 0. The number of rotatable bonds is 5. The first-order valence-electron chi connectivity index (χ1n) is 10.2. The van der Waals surface area contributed by atoms with E-state index in [4.69, 9.17) is 4.98 Å². The molecule has 0 bridgehead atoms. The first-order valence-corrected chi connectivity index (χ1v) is 10.2. The highest BCUT2D eigenvalue weighted by molar-refractivity contribution is 6.06. The topological polar surface area (TPSA) is 59.0 Å². The van der Waals surface area contributed by atoms with E-state index in [9.17, 15) is 4.79 Å². The van der Waals surface area contributed by atoms with Crippen molar-refractivity contribution in [2.45, 2.75) is 60.0 Å². The van der Waals surface area contributed by atoms with Crippen molar-refractivity contribution in [2.24, 2.45) is 5.92 Å². The molecule has 0 radical (unpaired) electrons. The molecule has 2 heterocycles. The second-order valence-electron chi connectivity index (χ2n) is 9.15. The lowest BCUT2D eigenvalue weighted by Gasteiger charge is -2.22. The van der Waals surface area contributed by atoms with Crippen molar-refractivity contribution in [1.82, 2.24) is 14.9 Å². The van der Waals surface area contributed by atoms with Gasteiger partial charge in [0, 0.05) is 28.9 Å². The Morgan fingerprint density at radius 1 is 1.03 bits per heavy atom. The molecule has 1 aromatic carbocycles. The highest BCUT2D eigenvalue weighted by Gasteiger charge is 2.24. The molecule has 154 valence electrons. The van der Waals surface area contributed by atoms with Gasteiger partial charge in [0.2, 0.25) is 0 Å². The van der Waals surface area contributed by atoms with Gasteiger partial charge in [0.25, 0.3) is 5.91 Å². The highest BCUT2D eigenvalue weighted by atomic mass is 16.1. The number of benzene rings is 1. The van der Waals surface area contributed by atoms with E-state index in [-0.39, 0.29) is 17.5 Å². The molecule has 0 spiro atoms. The van der Waals surface area contributed by atoms with Gasteiger partial charge in [-0.15, -0.1) is 0 Å². The highest BCUT2D eigenvalue weighted by Crippen LogP contribution is 2.28. The van der Waals surface area contributed by atoms with E-state index in [2.05, 4.69) is 68.9 Å². The molecule has 3 rings (SSSR count). The number of fused-ring (bicyclic) bond motifs is 1. The molecule has 29 heavy (non-hydrogen) atoms. The van der Waals surface area contributed by atoms with Crippen LogP contribution < -0.4 is 10.6 Å². The lowest BCUT2D eigenvalue weighted by Crippen LogP contribution is -2.36. The van der Waals surface area contributed by atoms with Crippen LogP contribution in [0.25, 0.3) is 11.0 Å². The summed E-state index contributed by atoms with van der Waals surface area (Å²) < 4.78 is 2.08. The SMILES string of the molecule is Cc1ccc(Nc2ccc3c(C(=O)NC(C)C(C)C)cn(C(C)(C)C)c3n2)cc1. The Hall–Kier alpha value is -2.82. The maximum Gasteiger partial charge on any atom is 0.253 e. The first kappa shape index (κ1) is 20.9. The molecule has 0 aliphatic heterocycles. The number of nitrogens with one attached hydrogen (secondary N) is 2. The van der Waals surface area contributed by atoms with Gasteiger partial charge in [0.15, 0.2) is 0 Å². The smallest absolute Gasteiger partial charge is 0.253 e. The van der Waals surface area contributed by atoms with E-state index >= 15 is 0 Å². The van der Waals surface area contributed by atoms with E-state index in [1.165, 1.54) is 5.56 Å². The van der Waals surface area contributed by atoms with E-state index in [0.29, 0.717) is 11.5 Å². The largest absolute Gasteiger partial charge is 0.349 e. The molecule has 5 nitrogen and oxygen atoms in total. The molecule has 5 heteroatoms. The number of amides is 1. The summed E-state index contributed by atoms with van der Waals surface area (Å²) in [5.41, 5.74) is 3.47. The standard InChI is InChI=1S/C24H32N4O/c1-15(2)17(4)25-23(29)20-14-28(24(5,6)7)22-19(20)12-13-21(27-22)26-18-10-8-16(3)9-11-18/h8-15,17H,1-7H3,(H,25,29)(H,26,27). The minimum absolute atomic E-state index is 0.0553. The fourth-order valence-corrected chi connectivity index (χ4v) is 3.10. The zero-order valence-electron chi connectivity index (χ0n) is 18.5. The molecule has 0 saturated carbocycles. The summed E-state index contributed by atoms with van der Waals surface area (Å²) in [6.45, 7) is 14.7. The summed E-state index contributed by atoms with van der Waals surface area (Å²) in [5.74, 6) is 1.08. The van der Waals surface area contributed by atoms with Crippen LogP contribution in [0.5, 0.6) is 0 Å². The predicted octanol–water partition coefficient (Wildman–Crippen LogP) is 5.62. The van der Waals surface area contributed by atoms with Crippen molar-refractivity contribution < 1.29 is 4.79 Å². The van der Waals surface area contributed by atoms with E-state index in [0.717, 1.165) is 22.5 Å². The van der Waals surface area contributed by atoms with Gasteiger partial charge in [-0.05, 0) is 64.8 Å². The molecule has 1 atom stereocenters. The predicted molar refractivity (Wildman–Crippen MR) is 121 cm³/mol. The molecule has 0 saturated heterocycles. The minimum atomic E-state index is -0.198. The van der Waals surface area contributed by atoms with Crippen LogP contribution in [0.1, 0.15) is 57.5 Å². The van der Waals surface area contributed by atoms with Gasteiger partial charge >= 0.3 is 0 Å². The molecule has 2 N–H and O–H groups in total. The molecular formula is C24H32N4O. The molecule has 2 aromatic heterocycles. The van der Waals surface area contributed by atoms with Gasteiger partial charge in [0.05, 0.1) is 5.56 Å². The molecule has 0 aliphatic rings. The van der Waals surface area contributed by atoms with Crippen molar-refractivity contribution >= 4 is 28.4 Å². The number of anilines is 2. The Morgan fingerprint density at radius 3 is 2.28 bits per heavy atom. The first-order chi connectivity index (χ1) is 13.6. The number of pyridine rings is 1. The van der Waals surface area contributed by atoms with E-state index in [1.807, 2.05) is 37.4 Å². The normalized spacial score (nSPS) is 13.0. The number of hydrogen-bond donors (Lipinski definition) is 2. The fraction of sp³-hybridized carbons (Fsp3) is 0.417. The Balaban J connectivity index is 2.02. The Bertz CT molecular complexity index is 1010. The third-order valence-electron chi connectivity index (χ3n) is 5.30. The number of hydrogen-bond acceptors (Lipinski definition) is 3. The minimum Gasteiger partial charge on any atom is -0.349 e. The third-order valence-corrected chi connectivity index (χ3v) is 5.30. The van der Waals surface area contributed by atoms with Crippen LogP contribution >= 0.6 is 0 Å². The van der Waals surface area contributed by atoms with Crippen molar-refractivity contribution in [3.8, 4) is 0 Å². The lowest BCUT2D eigenvalue weighted by atomic mass is 10.1. The summed E-state index contributed by atoms with van der Waals surface area (Å²) >= 11 is 0. The van der Waals surface area contributed by atoms with Crippen LogP contribution in [0, 0.1) is 12.8 Å². The van der Waals surface area contributed by atoms with Crippen LogP contribution in [0.3, 0.4) is 0 Å². The zero-order valence-corrected chi connectivity index (χ0v) is 18.5. The van der Waals surface area contributed by atoms with Gasteiger partial charge in [-0.3, -0.25) is 4.79 Å². The molecule has 0 fully saturated rings. The van der Waals surface area contributed by atoms with Crippen LogP contribution in [0.4, 0.5) is 11.5 Å². The second kappa shape index (κ2) is 7.90. The Kier molecular flexibility index (Phi) is 5.69. The third kappa shape index (κ3) is 4.61. The van der Waals surface area contributed by atoms with Gasteiger partial charge in [-0.1, -0.05) is 31.5 Å². The average molecular weight is 393 g/mol. The van der Waals surface area contributed by atoms with Crippen molar-refractivity contribution in [2.75, 3.05) is 5.32 Å². The summed E-state index contributed by atoms with van der Waals surface area (Å²) in [6, 6.07) is 12.2. The molecule has 1 unspecified atom stereocenters. The molecule has 0 aliphatic carbocycles. The monoisotopic (exact) mass is 392 g/mol. The number of aryl methyl sites for hydroxylation is 1. The van der Waals surface area contributed by atoms with E-state index in [1.54, 1.807) is 0 Å². The molecule has 3 aromatic rings. The zero-order chi connectivity index (χ0) is 21.3. The molecule has 1 amide bonds. The summed E-state index contributed by atoms with van der Waals surface area (Å²) in [5, 5.41) is 7.34. The fourth-order valence-electron chi connectivity index (χ4n) is 3.10. The number of aromatic nitrogens is 2. The van der Waals surface area contributed by atoms with E-state index < -0.39 is 0 Å². The lowest BCUT2D eigenvalue weighted by molar-refractivity contribution is 0.0932. The van der Waals surface area contributed by atoms with Crippen LogP contribution in [-0.4, -0.2) is 21.5 Å². The maximum atomic E-state index is 13.0. The van der Waals surface area contributed by atoms with Crippen molar-refractivity contribution in [1.29, 1.82) is 0 Å². The van der Waals surface area contributed by atoms with Crippen LogP contribution in [0.15, 0.2) is 42.6 Å². The Morgan fingerprint density at radius 2 is 1.69 bits per heavy atom. The summed E-state index contributed by atoms with van der Waals surface area (Å²) in [6.07, 6.45) is 1.93. The summed E-state index contributed by atoms with van der Waals surface area (Å²) in [4.78, 5) is 17.8. The number of carbonyl (C=O) groups excluding carboxylic acids is 1. The van der Waals surface area contributed by atoms with Gasteiger partial charge in [0.1, 0.15) is 11.5 Å². The second-order valence-corrected chi connectivity index (χ2v) is 9.15. The van der Waals surface area contributed by atoms with Crippen LogP contribution in [-0.2, 0) is 5.54 Å². The number of nitrogens with zero attached hydrogens (tertiary/aromatic N) is 2.